The molecule has 140 valence electrons. The smallest absolute Gasteiger partial charge is 0.285 e. The molecule has 0 radical (unpaired) electrons. The fourth-order valence-corrected chi connectivity index (χ4v) is 1.94. The quantitative estimate of drug-likeness (QED) is 0.210. The molecule has 0 saturated heterocycles. The highest BCUT2D eigenvalue weighted by Crippen LogP contribution is 2.26. The summed E-state index contributed by atoms with van der Waals surface area (Å²) in [6, 6.07) is 0. The molecule has 0 saturated carbocycles. The van der Waals surface area contributed by atoms with Gasteiger partial charge in [-0.25, -0.2) is 13.1 Å². The van der Waals surface area contributed by atoms with Crippen LogP contribution in [0.5, 0.6) is 0 Å². The molecule has 15 heteroatoms. The van der Waals surface area contributed by atoms with Crippen LogP contribution in [0.3, 0.4) is 0 Å². The molecule has 1 N–H and O–H groups in total. The van der Waals surface area contributed by atoms with E-state index in [1.165, 1.54) is 0 Å². The van der Waals surface area contributed by atoms with E-state index < -0.39 is 61.1 Å². The number of allylic oxidation sites excluding steroid dienone is 1. The molecule has 7 nitrogen and oxygen atoms in total. The van der Waals surface area contributed by atoms with Gasteiger partial charge in [-0.15, -0.1) is 0 Å². The second-order valence-corrected chi connectivity index (χ2v) is 7.28. The number of alkyl halides is 5. The highest BCUT2D eigenvalue weighted by molar-refractivity contribution is 7.90. The summed E-state index contributed by atoms with van der Waals surface area (Å²) < 4.78 is 116. The minimum atomic E-state index is -6.69. The Labute approximate surface area is 132 Å². The van der Waals surface area contributed by atoms with E-state index in [0.29, 0.717) is 6.08 Å². The maximum atomic E-state index is 12.8. The normalized spacial score (nSPS) is 14.5. The third-order valence-corrected chi connectivity index (χ3v) is 4.32. The predicted molar refractivity (Wildman–Crippen MR) is 66.3 cm³/mol. The van der Waals surface area contributed by atoms with E-state index >= 15 is 0 Å². The Kier molecular flexibility index (Phi) is 6.74. The first kappa shape index (κ1) is 22.5. The number of halogens is 6. The van der Waals surface area contributed by atoms with Crippen molar-refractivity contribution in [2.75, 3.05) is 6.54 Å². The third kappa shape index (κ3) is 5.27. The van der Waals surface area contributed by atoms with Crippen molar-refractivity contribution < 1.29 is 52.3 Å². The molecule has 0 aromatic heterocycles. The molecule has 0 aromatic carbocycles. The number of hydrogen-bond acceptors (Lipinski definition) is 6. The lowest BCUT2D eigenvalue weighted by Crippen LogP contribution is -2.40. The molecule has 0 aliphatic heterocycles. The van der Waals surface area contributed by atoms with Crippen molar-refractivity contribution in [1.29, 1.82) is 0 Å². The van der Waals surface area contributed by atoms with Gasteiger partial charge in [-0.05, 0) is 18.9 Å². The van der Waals surface area contributed by atoms with Crippen molar-refractivity contribution in [3.8, 4) is 0 Å². The van der Waals surface area contributed by atoms with E-state index in [1.54, 1.807) is 0 Å². The summed E-state index contributed by atoms with van der Waals surface area (Å²) in [6.45, 7) is -0.183. The zero-order valence-corrected chi connectivity index (χ0v) is 13.2. The van der Waals surface area contributed by atoms with E-state index in [-0.39, 0.29) is 0 Å². The highest BCUT2D eigenvalue weighted by atomic mass is 32.3. The maximum absolute atomic E-state index is 12.8. The minimum Gasteiger partial charge on any atom is -0.285 e. The Morgan fingerprint density at radius 3 is 1.88 bits per heavy atom. The molecule has 0 unspecified atom stereocenters. The molecular formula is C9H9F6NO6S2. The Morgan fingerprint density at radius 2 is 1.50 bits per heavy atom. The highest BCUT2D eigenvalue weighted by Gasteiger charge is 2.56. The molecule has 0 rings (SSSR count). The van der Waals surface area contributed by atoms with Crippen LogP contribution in [0.25, 0.3) is 0 Å². The first-order valence-electron chi connectivity index (χ1n) is 5.59. The molecule has 0 aromatic rings. The van der Waals surface area contributed by atoms with Crippen molar-refractivity contribution >= 4 is 31.8 Å². The van der Waals surface area contributed by atoms with Crippen molar-refractivity contribution in [2.24, 2.45) is 0 Å². The molecule has 0 spiro atoms. The van der Waals surface area contributed by atoms with Crippen molar-refractivity contribution in [1.82, 2.24) is 4.72 Å². The molecule has 0 heterocycles. The van der Waals surface area contributed by atoms with E-state index in [9.17, 15) is 52.3 Å². The Bertz CT molecular complexity index is 752. The van der Waals surface area contributed by atoms with Crippen molar-refractivity contribution in [2.45, 2.75) is 24.1 Å². The number of ketones is 2. The number of carbonyl (C=O) groups is 2. The van der Waals surface area contributed by atoms with Crippen LogP contribution in [-0.2, 0) is 29.8 Å². The summed E-state index contributed by atoms with van der Waals surface area (Å²) in [6.07, 6.45) is -0.0336. The van der Waals surface area contributed by atoms with Gasteiger partial charge in [-0.2, -0.15) is 30.4 Å². The number of nitrogens with one attached hydrogen (secondary N) is 1. The average Bonchev–Trinajstić information content (AvgIpc) is 2.39. The average molecular weight is 405 g/mol. The van der Waals surface area contributed by atoms with Crippen LogP contribution >= 0.6 is 0 Å². The van der Waals surface area contributed by atoms with Crippen molar-refractivity contribution in [3.63, 3.8) is 0 Å². The van der Waals surface area contributed by atoms with E-state index in [1.807, 2.05) is 0 Å². The Balaban J connectivity index is 4.95. The predicted octanol–water partition coefficient (Wildman–Crippen LogP) is 0.792. The summed E-state index contributed by atoms with van der Waals surface area (Å²) >= 11 is 0. The molecule has 0 fully saturated rings. The lowest BCUT2D eigenvalue weighted by molar-refractivity contribution is -0.144. The van der Waals surface area contributed by atoms with Gasteiger partial charge in [0.2, 0.25) is 5.78 Å². The Morgan fingerprint density at radius 1 is 1.04 bits per heavy atom. The lowest BCUT2D eigenvalue weighted by atomic mass is 10.1. The van der Waals surface area contributed by atoms with Gasteiger partial charge in [0.15, 0.2) is 0 Å². The fraction of sp³-hybridized carbons (Fsp3) is 0.556. The molecule has 0 aliphatic rings. The first-order chi connectivity index (χ1) is 10.4. The van der Waals surface area contributed by atoms with Crippen LogP contribution in [0.1, 0.15) is 13.3 Å². The largest absolute Gasteiger partial charge is 0.511 e. The van der Waals surface area contributed by atoms with Crippen LogP contribution in [0.2, 0.25) is 0 Å². The topological polar surface area (TPSA) is 114 Å². The molecule has 0 atom stereocenters. The van der Waals surface area contributed by atoms with Crippen LogP contribution in [-0.4, -0.2) is 45.7 Å². The van der Waals surface area contributed by atoms with Crippen LogP contribution in [0, 0.1) is 0 Å². The number of carbonyl (C=O) groups excluding carboxylic acids is 2. The summed E-state index contributed by atoms with van der Waals surface area (Å²) in [4.78, 5) is 22.2. The fourth-order valence-electron chi connectivity index (χ4n) is 1.08. The number of rotatable bonds is 8. The van der Waals surface area contributed by atoms with E-state index in [0.717, 1.165) is 11.6 Å². The van der Waals surface area contributed by atoms with Gasteiger partial charge in [0.05, 0.1) is 0 Å². The van der Waals surface area contributed by atoms with Crippen LogP contribution in [0.4, 0.5) is 25.8 Å². The number of sulfonamides is 1. The monoisotopic (exact) mass is 405 g/mol. The van der Waals surface area contributed by atoms with Crippen LogP contribution < -0.4 is 4.72 Å². The standard InChI is InChI=1S/C9H9F6NO6S2/c1-5(3-2-4-16-24(21,22)9(12,13)14)6(17)7(18)8(10,11)23(15,19)20/h3,16H,2,4H2,1H3. The summed E-state index contributed by atoms with van der Waals surface area (Å²) in [5.74, 6) is -4.99. The molecule has 0 amide bonds. The van der Waals surface area contributed by atoms with Crippen molar-refractivity contribution in [3.05, 3.63) is 11.6 Å². The summed E-state index contributed by atoms with van der Waals surface area (Å²) in [5.41, 5.74) is -6.43. The number of hydrogen-bond donors (Lipinski definition) is 1. The van der Waals surface area contributed by atoms with Gasteiger partial charge in [-0.3, -0.25) is 9.59 Å². The first-order valence-corrected chi connectivity index (χ1v) is 8.45. The van der Waals surface area contributed by atoms with E-state index in [4.69, 9.17) is 0 Å². The van der Waals surface area contributed by atoms with Gasteiger partial charge in [-0.1, -0.05) is 9.96 Å². The van der Waals surface area contributed by atoms with Crippen LogP contribution in [0.15, 0.2) is 11.6 Å². The van der Waals surface area contributed by atoms with Gasteiger partial charge >= 0.3 is 31.0 Å². The molecule has 0 bridgehead atoms. The second kappa shape index (κ2) is 7.18. The SMILES string of the molecule is CC(=CCCNS(=O)(=O)C(F)(F)F)C(=O)C(=O)C(F)(F)S(=O)(=O)F. The third-order valence-electron chi connectivity index (χ3n) is 2.33. The van der Waals surface area contributed by atoms with Gasteiger partial charge in [0.25, 0.3) is 5.78 Å². The van der Waals surface area contributed by atoms with Gasteiger partial charge in [0.1, 0.15) is 0 Å². The van der Waals surface area contributed by atoms with E-state index in [2.05, 4.69) is 0 Å². The summed E-state index contributed by atoms with van der Waals surface area (Å²) in [7, 11) is -12.3. The lowest BCUT2D eigenvalue weighted by Gasteiger charge is -2.10. The Hall–Kier alpha value is -1.48. The molecule has 0 aliphatic carbocycles. The maximum Gasteiger partial charge on any atom is 0.511 e. The van der Waals surface area contributed by atoms with Gasteiger partial charge < -0.3 is 0 Å². The zero-order chi connectivity index (χ0) is 19.6. The minimum absolute atomic E-state index is 0.597. The zero-order valence-electron chi connectivity index (χ0n) is 11.5. The molecular weight excluding hydrogens is 396 g/mol. The van der Waals surface area contributed by atoms with Gasteiger partial charge in [0, 0.05) is 6.54 Å². The summed E-state index contributed by atoms with van der Waals surface area (Å²) in [5, 5.41) is -5.61. The molecule has 24 heavy (non-hydrogen) atoms. The second-order valence-electron chi connectivity index (χ2n) is 4.13. The number of Topliss-reactive ketones (excluding diaryl/α,β-unsaturated/α-hetero) is 2.